The van der Waals surface area contributed by atoms with Crippen LogP contribution in [0.5, 0.6) is 0 Å². The molecule has 1 aromatic heterocycles. The maximum atomic E-state index is 5.12. The number of benzene rings is 1. The second-order valence-corrected chi connectivity index (χ2v) is 8.96. The lowest BCUT2D eigenvalue weighted by atomic mass is 9.84. The summed E-state index contributed by atoms with van der Waals surface area (Å²) in [5.74, 6) is 1.78. The van der Waals surface area contributed by atoms with E-state index >= 15 is 0 Å². The molecule has 1 saturated carbocycles. The zero-order valence-corrected chi connectivity index (χ0v) is 18.0. The van der Waals surface area contributed by atoms with Gasteiger partial charge in [0.1, 0.15) is 5.84 Å². The minimum atomic E-state index is 0.747. The van der Waals surface area contributed by atoms with Gasteiger partial charge in [-0.3, -0.25) is 4.98 Å². The number of aryl methyl sites for hydroxylation is 1. The number of rotatable bonds is 3. The van der Waals surface area contributed by atoms with Gasteiger partial charge >= 0.3 is 0 Å². The van der Waals surface area contributed by atoms with E-state index in [9.17, 15) is 0 Å². The molecule has 1 aliphatic heterocycles. The number of nitrogens with zero attached hydrogens (tertiary/aromatic N) is 2. The summed E-state index contributed by atoms with van der Waals surface area (Å²) in [6.45, 7) is 2.04. The third kappa shape index (κ3) is 4.12. The zero-order valence-electron chi connectivity index (χ0n) is 18.0. The Labute approximate surface area is 180 Å². The highest BCUT2D eigenvalue weighted by atomic mass is 15.0. The van der Waals surface area contributed by atoms with E-state index in [0.717, 1.165) is 47.2 Å². The smallest absolute Gasteiger partial charge is 0.134 e. The molecule has 0 atom stereocenters. The van der Waals surface area contributed by atoms with E-state index in [1.165, 1.54) is 56.1 Å². The molecule has 3 nitrogen and oxygen atoms in total. The van der Waals surface area contributed by atoms with Crippen molar-refractivity contribution in [3.63, 3.8) is 0 Å². The monoisotopic (exact) mass is 397 g/mol. The Bertz CT molecular complexity index is 1000. The van der Waals surface area contributed by atoms with Gasteiger partial charge in [0.25, 0.3) is 0 Å². The summed E-state index contributed by atoms with van der Waals surface area (Å²) in [7, 11) is 0. The molecule has 0 radical (unpaired) electrons. The maximum Gasteiger partial charge on any atom is 0.134 e. The standard InChI is InChI=1S/C27H31N3/c1-19-18-23(16-17-28-19)26-15-12-22-8-5-9-25(22)27(30-26)29-24-13-10-21(11-14-24)20-6-3-2-4-7-20/h10-11,13-18,20H,2-9,12H2,1H3,(H,29,30). The third-order valence-electron chi connectivity index (χ3n) is 6.83. The van der Waals surface area contributed by atoms with Crippen molar-refractivity contribution < 1.29 is 0 Å². The summed E-state index contributed by atoms with van der Waals surface area (Å²) in [6.07, 6.45) is 15.6. The number of allylic oxidation sites excluding steroid dienone is 2. The van der Waals surface area contributed by atoms with Gasteiger partial charge in [0, 0.05) is 23.1 Å². The molecule has 154 valence electrons. The number of pyridine rings is 1. The minimum Gasteiger partial charge on any atom is -0.340 e. The van der Waals surface area contributed by atoms with Gasteiger partial charge in [0.2, 0.25) is 0 Å². The fourth-order valence-corrected chi connectivity index (χ4v) is 5.17. The van der Waals surface area contributed by atoms with Crippen molar-refractivity contribution in [2.24, 2.45) is 4.99 Å². The minimum absolute atomic E-state index is 0.747. The zero-order chi connectivity index (χ0) is 20.3. The van der Waals surface area contributed by atoms with Gasteiger partial charge < -0.3 is 5.32 Å². The van der Waals surface area contributed by atoms with E-state index in [-0.39, 0.29) is 0 Å². The Balaban J connectivity index is 1.41. The second-order valence-electron chi connectivity index (χ2n) is 8.96. The van der Waals surface area contributed by atoms with Crippen molar-refractivity contribution in [3.8, 4) is 0 Å². The van der Waals surface area contributed by atoms with Crippen LogP contribution < -0.4 is 5.32 Å². The number of hydrogen-bond acceptors (Lipinski definition) is 3. The lowest BCUT2D eigenvalue weighted by Crippen LogP contribution is -2.15. The van der Waals surface area contributed by atoms with Crippen LogP contribution in [0.15, 0.2) is 64.8 Å². The molecule has 0 unspecified atom stereocenters. The van der Waals surface area contributed by atoms with Gasteiger partial charge in [-0.25, -0.2) is 4.99 Å². The van der Waals surface area contributed by atoms with Gasteiger partial charge in [-0.05, 0) is 86.8 Å². The Hall–Kier alpha value is -2.68. The number of anilines is 1. The Kier molecular flexibility index (Phi) is 5.52. The number of amidine groups is 1. The summed E-state index contributed by atoms with van der Waals surface area (Å²) < 4.78 is 0. The van der Waals surface area contributed by atoms with Crippen LogP contribution in [0.2, 0.25) is 0 Å². The summed E-state index contributed by atoms with van der Waals surface area (Å²) in [5, 5.41) is 3.67. The van der Waals surface area contributed by atoms with Gasteiger partial charge in [0.15, 0.2) is 0 Å². The van der Waals surface area contributed by atoms with Crippen LogP contribution in [0.4, 0.5) is 5.69 Å². The number of nitrogens with one attached hydrogen (secondary N) is 1. The molecular weight excluding hydrogens is 366 g/mol. The van der Waals surface area contributed by atoms with Gasteiger partial charge in [-0.2, -0.15) is 0 Å². The first-order chi connectivity index (χ1) is 14.8. The molecule has 3 aliphatic rings. The third-order valence-corrected chi connectivity index (χ3v) is 6.83. The van der Waals surface area contributed by atoms with Crippen LogP contribution in [0.3, 0.4) is 0 Å². The number of aromatic nitrogens is 1. The average molecular weight is 398 g/mol. The summed E-state index contributed by atoms with van der Waals surface area (Å²) in [6, 6.07) is 13.3. The van der Waals surface area contributed by atoms with E-state index < -0.39 is 0 Å². The maximum absolute atomic E-state index is 5.12. The number of aliphatic imine (C=N–C) groups is 1. The molecule has 2 aliphatic carbocycles. The van der Waals surface area contributed by atoms with E-state index in [1.54, 1.807) is 5.57 Å². The van der Waals surface area contributed by atoms with Crippen LogP contribution in [0.25, 0.3) is 5.70 Å². The summed E-state index contributed by atoms with van der Waals surface area (Å²) >= 11 is 0. The molecule has 0 spiro atoms. The fraction of sp³-hybridized carbons (Fsp3) is 0.407. The van der Waals surface area contributed by atoms with Crippen molar-refractivity contribution in [1.82, 2.24) is 4.98 Å². The van der Waals surface area contributed by atoms with Gasteiger partial charge in [-0.15, -0.1) is 0 Å². The van der Waals surface area contributed by atoms with Crippen molar-refractivity contribution >= 4 is 17.2 Å². The molecule has 0 bridgehead atoms. The SMILES string of the molecule is Cc1cc(C2=CCC3=C(CCC3)C(Nc3ccc(C4CCCCC4)cc3)=N2)ccn1. The van der Waals surface area contributed by atoms with E-state index in [1.807, 2.05) is 13.1 Å². The Morgan fingerprint density at radius 3 is 2.57 bits per heavy atom. The molecule has 1 fully saturated rings. The highest BCUT2D eigenvalue weighted by molar-refractivity contribution is 6.11. The van der Waals surface area contributed by atoms with Crippen LogP contribution in [-0.2, 0) is 0 Å². The quantitative estimate of drug-likeness (QED) is 0.596. The molecule has 0 amide bonds. The van der Waals surface area contributed by atoms with Crippen molar-refractivity contribution in [3.05, 3.63) is 76.6 Å². The molecule has 2 heterocycles. The molecule has 1 aromatic carbocycles. The summed E-state index contributed by atoms with van der Waals surface area (Å²) in [5.41, 5.74) is 8.83. The molecule has 5 rings (SSSR count). The van der Waals surface area contributed by atoms with Crippen LogP contribution >= 0.6 is 0 Å². The predicted octanol–water partition coefficient (Wildman–Crippen LogP) is 7.17. The largest absolute Gasteiger partial charge is 0.340 e. The fourth-order valence-electron chi connectivity index (χ4n) is 5.17. The van der Waals surface area contributed by atoms with E-state index in [2.05, 4.69) is 52.8 Å². The van der Waals surface area contributed by atoms with Crippen LogP contribution in [-0.4, -0.2) is 10.8 Å². The van der Waals surface area contributed by atoms with Gasteiger partial charge in [-0.1, -0.05) is 43.0 Å². The Morgan fingerprint density at radius 1 is 0.933 bits per heavy atom. The molecule has 1 N–H and O–H groups in total. The topological polar surface area (TPSA) is 37.3 Å². The van der Waals surface area contributed by atoms with Crippen LogP contribution in [0.1, 0.15) is 80.5 Å². The molecular formula is C27H31N3. The molecule has 2 aromatic rings. The van der Waals surface area contributed by atoms with Crippen molar-refractivity contribution in [1.29, 1.82) is 0 Å². The lowest BCUT2D eigenvalue weighted by Gasteiger charge is -2.22. The molecule has 30 heavy (non-hydrogen) atoms. The molecule has 0 saturated heterocycles. The number of hydrogen-bond donors (Lipinski definition) is 1. The molecule has 3 heteroatoms. The lowest BCUT2D eigenvalue weighted by molar-refractivity contribution is 0.443. The normalized spacial score (nSPS) is 19.8. The predicted molar refractivity (Wildman–Crippen MR) is 126 cm³/mol. The Morgan fingerprint density at radius 2 is 1.77 bits per heavy atom. The first kappa shape index (κ1) is 19.3. The van der Waals surface area contributed by atoms with E-state index in [4.69, 9.17) is 4.99 Å². The highest BCUT2D eigenvalue weighted by Gasteiger charge is 2.22. The second kappa shape index (κ2) is 8.59. The average Bonchev–Trinajstić information content (AvgIpc) is 3.19. The summed E-state index contributed by atoms with van der Waals surface area (Å²) in [4.78, 5) is 9.47. The van der Waals surface area contributed by atoms with E-state index in [0.29, 0.717) is 0 Å². The van der Waals surface area contributed by atoms with Crippen LogP contribution in [0, 0.1) is 6.92 Å². The highest BCUT2D eigenvalue weighted by Crippen LogP contribution is 2.36. The van der Waals surface area contributed by atoms with Crippen molar-refractivity contribution in [2.75, 3.05) is 5.32 Å². The first-order valence-electron chi connectivity index (χ1n) is 11.6. The van der Waals surface area contributed by atoms with Gasteiger partial charge in [0.05, 0.1) is 5.70 Å². The van der Waals surface area contributed by atoms with Crippen molar-refractivity contribution in [2.45, 2.75) is 70.6 Å². The first-order valence-corrected chi connectivity index (χ1v) is 11.6.